The third-order valence-corrected chi connectivity index (χ3v) is 3.67. The minimum absolute atomic E-state index is 0.201. The Kier molecular flexibility index (Phi) is 3.31. The van der Waals surface area contributed by atoms with Crippen LogP contribution in [0.25, 0.3) is 0 Å². The average molecular weight is 279 g/mol. The quantitative estimate of drug-likeness (QED) is 0.869. The summed E-state index contributed by atoms with van der Waals surface area (Å²) in [5.41, 5.74) is 10.5. The molecular formula is C17H17N3O. The molecule has 1 heterocycles. The number of benzene rings is 2. The Balaban J connectivity index is 2.26. The molecule has 2 aromatic rings. The summed E-state index contributed by atoms with van der Waals surface area (Å²) >= 11 is 0. The molecule has 4 nitrogen and oxygen atoms in total. The van der Waals surface area contributed by atoms with Gasteiger partial charge in [0, 0.05) is 18.2 Å². The van der Waals surface area contributed by atoms with Crippen molar-refractivity contribution in [3.8, 4) is 0 Å². The van der Waals surface area contributed by atoms with Crippen LogP contribution < -0.4 is 10.6 Å². The van der Waals surface area contributed by atoms with E-state index in [4.69, 9.17) is 5.73 Å². The van der Waals surface area contributed by atoms with Crippen molar-refractivity contribution in [3.05, 3.63) is 65.2 Å². The van der Waals surface area contributed by atoms with Gasteiger partial charge in [-0.05, 0) is 18.6 Å². The maximum absolute atomic E-state index is 12.3. The molecule has 0 unspecified atom stereocenters. The molecule has 0 saturated carbocycles. The maximum atomic E-state index is 12.3. The summed E-state index contributed by atoms with van der Waals surface area (Å²) in [5, 5.41) is 0. The Labute approximate surface area is 123 Å². The van der Waals surface area contributed by atoms with Gasteiger partial charge in [-0.1, -0.05) is 42.5 Å². The second kappa shape index (κ2) is 5.14. The van der Waals surface area contributed by atoms with Crippen LogP contribution in [0.1, 0.15) is 16.7 Å². The van der Waals surface area contributed by atoms with Gasteiger partial charge in [0.2, 0.25) is 0 Å². The molecule has 21 heavy (non-hydrogen) atoms. The molecule has 1 aliphatic rings. The summed E-state index contributed by atoms with van der Waals surface area (Å²) in [6.45, 7) is 2.00. The Hall–Kier alpha value is -2.46. The van der Waals surface area contributed by atoms with Gasteiger partial charge >= 0.3 is 0 Å². The Morgan fingerprint density at radius 3 is 2.57 bits per heavy atom. The molecule has 0 radical (unpaired) electrons. The van der Waals surface area contributed by atoms with Crippen molar-refractivity contribution in [1.29, 1.82) is 0 Å². The van der Waals surface area contributed by atoms with E-state index in [1.807, 2.05) is 55.5 Å². The first-order valence-corrected chi connectivity index (χ1v) is 6.85. The van der Waals surface area contributed by atoms with Crippen LogP contribution in [0, 0.1) is 6.92 Å². The summed E-state index contributed by atoms with van der Waals surface area (Å²) in [7, 11) is 1.74. The van der Waals surface area contributed by atoms with Crippen LogP contribution in [0.2, 0.25) is 0 Å². The van der Waals surface area contributed by atoms with E-state index in [2.05, 4.69) is 4.99 Å². The van der Waals surface area contributed by atoms with Crippen LogP contribution in [0.5, 0.6) is 0 Å². The lowest BCUT2D eigenvalue weighted by Crippen LogP contribution is -2.39. The van der Waals surface area contributed by atoms with Crippen LogP contribution in [0.15, 0.2) is 53.5 Å². The first-order valence-electron chi connectivity index (χ1n) is 6.85. The molecule has 0 spiro atoms. The molecule has 1 aliphatic heterocycles. The summed E-state index contributed by atoms with van der Waals surface area (Å²) in [6.07, 6.45) is -0.877. The number of hydrogen-bond acceptors (Lipinski definition) is 3. The van der Waals surface area contributed by atoms with E-state index in [0.717, 1.165) is 28.1 Å². The molecule has 0 saturated heterocycles. The lowest BCUT2D eigenvalue weighted by atomic mass is 9.99. The highest BCUT2D eigenvalue weighted by Crippen LogP contribution is 2.27. The largest absolute Gasteiger partial charge is 0.312 e. The van der Waals surface area contributed by atoms with Crippen molar-refractivity contribution in [3.63, 3.8) is 0 Å². The number of likely N-dealkylation sites (N-methyl/N-ethyl adjacent to an activating group) is 1. The molecule has 3 rings (SSSR count). The van der Waals surface area contributed by atoms with Gasteiger partial charge in [-0.25, -0.2) is 0 Å². The molecule has 0 aromatic heterocycles. The van der Waals surface area contributed by atoms with E-state index < -0.39 is 6.17 Å². The van der Waals surface area contributed by atoms with Crippen LogP contribution in [-0.4, -0.2) is 24.8 Å². The average Bonchev–Trinajstić information content (AvgIpc) is 2.59. The Morgan fingerprint density at radius 1 is 1.14 bits per heavy atom. The topological polar surface area (TPSA) is 58.7 Å². The summed E-state index contributed by atoms with van der Waals surface area (Å²) in [6, 6.07) is 15.8. The molecule has 106 valence electrons. The highest BCUT2D eigenvalue weighted by atomic mass is 16.2. The SMILES string of the molecule is Cc1ccc2c(c1)N(C)C(=O)[C@H](N)N=C2c1ccccc1. The number of carbonyl (C=O) groups excluding carboxylic acids is 1. The normalized spacial score (nSPS) is 18.0. The fraction of sp³-hybridized carbons (Fsp3) is 0.176. The van der Waals surface area contributed by atoms with E-state index in [-0.39, 0.29) is 5.91 Å². The van der Waals surface area contributed by atoms with Gasteiger partial charge in [0.15, 0.2) is 6.17 Å². The standard InChI is InChI=1S/C17H17N3O/c1-11-8-9-13-14(10-11)20(2)17(21)16(18)19-15(13)12-6-4-3-5-7-12/h3-10,16H,18H2,1-2H3/t16-/m1/s1. The smallest absolute Gasteiger partial charge is 0.266 e. The van der Waals surface area contributed by atoms with Gasteiger partial charge in [0.25, 0.3) is 5.91 Å². The van der Waals surface area contributed by atoms with Crippen molar-refractivity contribution in [2.24, 2.45) is 10.7 Å². The minimum atomic E-state index is -0.877. The van der Waals surface area contributed by atoms with Crippen molar-refractivity contribution in [1.82, 2.24) is 0 Å². The Bertz CT molecular complexity index is 722. The van der Waals surface area contributed by atoms with Crippen LogP contribution in [0.3, 0.4) is 0 Å². The van der Waals surface area contributed by atoms with E-state index in [9.17, 15) is 4.79 Å². The molecule has 1 amide bonds. The van der Waals surface area contributed by atoms with Gasteiger partial charge in [-0.3, -0.25) is 9.79 Å². The van der Waals surface area contributed by atoms with Crippen molar-refractivity contribution in [2.75, 3.05) is 11.9 Å². The fourth-order valence-corrected chi connectivity index (χ4v) is 2.53. The van der Waals surface area contributed by atoms with Crippen molar-refractivity contribution in [2.45, 2.75) is 13.1 Å². The number of carbonyl (C=O) groups is 1. The number of aryl methyl sites for hydroxylation is 1. The van der Waals surface area contributed by atoms with Crippen LogP contribution in [0.4, 0.5) is 5.69 Å². The number of amides is 1. The maximum Gasteiger partial charge on any atom is 0.266 e. The molecule has 0 bridgehead atoms. The highest BCUT2D eigenvalue weighted by Gasteiger charge is 2.27. The number of anilines is 1. The van der Waals surface area contributed by atoms with Gasteiger partial charge in [0.1, 0.15) is 0 Å². The van der Waals surface area contributed by atoms with Gasteiger partial charge in [-0.2, -0.15) is 0 Å². The summed E-state index contributed by atoms with van der Waals surface area (Å²) in [5.74, 6) is -0.201. The molecule has 2 N–H and O–H groups in total. The van der Waals surface area contributed by atoms with E-state index in [0.29, 0.717) is 0 Å². The number of nitrogens with two attached hydrogens (primary N) is 1. The lowest BCUT2D eigenvalue weighted by Gasteiger charge is -2.19. The summed E-state index contributed by atoms with van der Waals surface area (Å²) < 4.78 is 0. The summed E-state index contributed by atoms with van der Waals surface area (Å²) in [4.78, 5) is 18.3. The molecule has 0 aliphatic carbocycles. The molecule has 0 fully saturated rings. The Morgan fingerprint density at radius 2 is 1.86 bits per heavy atom. The van der Waals surface area contributed by atoms with E-state index in [1.54, 1.807) is 11.9 Å². The second-order valence-electron chi connectivity index (χ2n) is 5.21. The van der Waals surface area contributed by atoms with Crippen LogP contribution >= 0.6 is 0 Å². The minimum Gasteiger partial charge on any atom is -0.312 e. The first-order chi connectivity index (χ1) is 10.1. The van der Waals surface area contributed by atoms with Crippen molar-refractivity contribution >= 4 is 17.3 Å². The van der Waals surface area contributed by atoms with E-state index in [1.165, 1.54) is 0 Å². The predicted octanol–water partition coefficient (Wildman–Crippen LogP) is 2.09. The molecule has 2 aromatic carbocycles. The van der Waals surface area contributed by atoms with Gasteiger partial charge in [0.05, 0.1) is 11.4 Å². The van der Waals surface area contributed by atoms with E-state index >= 15 is 0 Å². The molecular weight excluding hydrogens is 262 g/mol. The highest BCUT2D eigenvalue weighted by molar-refractivity contribution is 6.20. The predicted molar refractivity (Wildman–Crippen MR) is 84.6 cm³/mol. The van der Waals surface area contributed by atoms with Gasteiger partial charge in [-0.15, -0.1) is 0 Å². The number of hydrogen-bond donors (Lipinski definition) is 1. The number of aliphatic imine (C=N–C) groups is 1. The van der Waals surface area contributed by atoms with Gasteiger partial charge < -0.3 is 10.6 Å². The number of rotatable bonds is 1. The van der Waals surface area contributed by atoms with Crippen LogP contribution in [-0.2, 0) is 4.79 Å². The number of benzodiazepines with no additional fused rings is 1. The molecule has 1 atom stereocenters. The second-order valence-corrected chi connectivity index (χ2v) is 5.21. The zero-order valence-electron chi connectivity index (χ0n) is 12.1. The number of nitrogens with zero attached hydrogens (tertiary/aromatic N) is 2. The zero-order valence-corrected chi connectivity index (χ0v) is 12.1. The first kappa shape index (κ1) is 13.5. The fourth-order valence-electron chi connectivity index (χ4n) is 2.53. The number of fused-ring (bicyclic) bond motifs is 1. The third kappa shape index (κ3) is 2.34. The zero-order chi connectivity index (χ0) is 15.0. The lowest BCUT2D eigenvalue weighted by molar-refractivity contribution is -0.119. The third-order valence-electron chi connectivity index (χ3n) is 3.67. The monoisotopic (exact) mass is 279 g/mol. The van der Waals surface area contributed by atoms with Crippen molar-refractivity contribution < 1.29 is 4.79 Å². The molecule has 4 heteroatoms.